The van der Waals surface area contributed by atoms with E-state index in [-0.39, 0.29) is 43.4 Å². The fourth-order valence-electron chi connectivity index (χ4n) is 4.54. The standard InChI is InChI=1S/C25H25ClF5N3O4S/c26-19-12-32-22(10-18(19)25(29,30)31)34-7-5-24(28,6-8-34)13-38-21-11-20(27)17(9-16(21)14-1-2-14)23(35)33-39(36,37)15-3-4-15/h9-12,14-15H,1-8,13H2,(H,33,35). The average Bonchev–Trinajstić information content (AvgIpc) is 3.75. The van der Waals surface area contributed by atoms with E-state index < -0.39 is 61.6 Å². The first-order valence-electron chi connectivity index (χ1n) is 12.4. The summed E-state index contributed by atoms with van der Waals surface area (Å²) in [5.74, 6) is -1.97. The van der Waals surface area contributed by atoms with Gasteiger partial charge in [-0.25, -0.2) is 26.9 Å². The molecule has 3 fully saturated rings. The van der Waals surface area contributed by atoms with Crippen LogP contribution in [0.4, 0.5) is 27.8 Å². The fourth-order valence-corrected chi connectivity index (χ4v) is 6.04. The highest BCUT2D eigenvalue weighted by Gasteiger charge is 2.40. The molecule has 0 spiro atoms. The van der Waals surface area contributed by atoms with Gasteiger partial charge in [0.2, 0.25) is 10.0 Å². The number of sulfonamides is 1. The molecule has 2 heterocycles. The van der Waals surface area contributed by atoms with Crippen molar-refractivity contribution in [2.24, 2.45) is 0 Å². The van der Waals surface area contributed by atoms with Gasteiger partial charge in [0.25, 0.3) is 5.91 Å². The van der Waals surface area contributed by atoms with E-state index in [1.807, 2.05) is 4.72 Å². The average molecular weight is 594 g/mol. The highest BCUT2D eigenvalue weighted by Crippen LogP contribution is 2.46. The maximum Gasteiger partial charge on any atom is 0.418 e. The van der Waals surface area contributed by atoms with E-state index in [9.17, 15) is 30.8 Å². The van der Waals surface area contributed by atoms with Crippen LogP contribution in [0.5, 0.6) is 5.75 Å². The molecule has 2 aliphatic carbocycles. The Labute approximate surface area is 226 Å². The van der Waals surface area contributed by atoms with Crippen molar-refractivity contribution in [2.45, 2.75) is 61.5 Å². The Kier molecular flexibility index (Phi) is 7.19. The fraction of sp³-hybridized carbons (Fsp3) is 0.520. The van der Waals surface area contributed by atoms with Crippen molar-refractivity contribution < 1.29 is 39.9 Å². The van der Waals surface area contributed by atoms with Gasteiger partial charge in [-0.3, -0.25) is 4.79 Å². The summed E-state index contributed by atoms with van der Waals surface area (Å²) in [6.45, 7) is -0.280. The van der Waals surface area contributed by atoms with Crippen LogP contribution < -0.4 is 14.4 Å². The van der Waals surface area contributed by atoms with Gasteiger partial charge in [-0.05, 0) is 49.3 Å². The molecule has 1 aromatic carbocycles. The Bertz CT molecular complexity index is 1390. The number of alkyl halides is 4. The number of ether oxygens (including phenoxy) is 1. The maximum absolute atomic E-state index is 15.6. The van der Waals surface area contributed by atoms with E-state index in [1.165, 1.54) is 11.0 Å². The van der Waals surface area contributed by atoms with Gasteiger partial charge in [0.1, 0.15) is 29.7 Å². The van der Waals surface area contributed by atoms with Gasteiger partial charge >= 0.3 is 6.18 Å². The predicted molar refractivity (Wildman–Crippen MR) is 133 cm³/mol. The molecule has 1 aromatic heterocycles. The minimum atomic E-state index is -4.65. The van der Waals surface area contributed by atoms with Crippen molar-refractivity contribution in [1.82, 2.24) is 9.71 Å². The Hall–Kier alpha value is -2.67. The number of carbonyl (C=O) groups is 1. The summed E-state index contributed by atoms with van der Waals surface area (Å²) in [4.78, 5) is 18.0. The topological polar surface area (TPSA) is 88.6 Å². The monoisotopic (exact) mass is 593 g/mol. The number of hydrogen-bond acceptors (Lipinski definition) is 6. The van der Waals surface area contributed by atoms with Crippen molar-refractivity contribution in [1.29, 1.82) is 0 Å². The highest BCUT2D eigenvalue weighted by atomic mass is 35.5. The van der Waals surface area contributed by atoms with E-state index in [2.05, 4.69) is 4.98 Å². The summed E-state index contributed by atoms with van der Waals surface area (Å²) >= 11 is 5.63. The molecule has 5 rings (SSSR count). The summed E-state index contributed by atoms with van der Waals surface area (Å²) in [7, 11) is -3.87. The summed E-state index contributed by atoms with van der Waals surface area (Å²) in [6, 6.07) is 3.07. The molecular formula is C25H25ClF5N3O4S. The molecule has 1 N–H and O–H groups in total. The molecule has 2 saturated carbocycles. The lowest BCUT2D eigenvalue weighted by Crippen LogP contribution is -2.45. The van der Waals surface area contributed by atoms with E-state index in [0.717, 1.165) is 31.2 Å². The second kappa shape index (κ2) is 10.1. The molecule has 212 valence electrons. The normalized spacial score (nSPS) is 19.6. The number of pyridine rings is 1. The zero-order valence-electron chi connectivity index (χ0n) is 20.5. The van der Waals surface area contributed by atoms with Crippen molar-refractivity contribution in [3.8, 4) is 5.75 Å². The van der Waals surface area contributed by atoms with Gasteiger partial charge in [0.15, 0.2) is 0 Å². The second-order valence-electron chi connectivity index (χ2n) is 10.3. The van der Waals surface area contributed by atoms with E-state index >= 15 is 4.39 Å². The first kappa shape index (κ1) is 27.9. The number of halogens is 6. The molecular weight excluding hydrogens is 569 g/mol. The maximum atomic E-state index is 15.6. The highest BCUT2D eigenvalue weighted by molar-refractivity contribution is 7.91. The minimum Gasteiger partial charge on any atom is -0.490 e. The second-order valence-corrected chi connectivity index (χ2v) is 12.6. The summed E-state index contributed by atoms with van der Waals surface area (Å²) < 4.78 is 102. The van der Waals surface area contributed by atoms with Gasteiger partial charge in [-0.1, -0.05) is 11.6 Å². The molecule has 0 radical (unpaired) electrons. The first-order valence-corrected chi connectivity index (χ1v) is 14.4. The molecule has 1 amide bonds. The largest absolute Gasteiger partial charge is 0.490 e. The predicted octanol–water partition coefficient (Wildman–Crippen LogP) is 5.38. The number of amides is 1. The van der Waals surface area contributed by atoms with Gasteiger partial charge in [-0.15, -0.1) is 0 Å². The molecule has 14 heteroatoms. The van der Waals surface area contributed by atoms with Crippen LogP contribution in [-0.4, -0.2) is 49.9 Å². The molecule has 0 atom stereocenters. The number of aromatic nitrogens is 1. The van der Waals surface area contributed by atoms with Crippen LogP contribution in [0, 0.1) is 5.82 Å². The van der Waals surface area contributed by atoms with Crippen LogP contribution >= 0.6 is 11.6 Å². The number of nitrogens with one attached hydrogen (secondary N) is 1. The lowest BCUT2D eigenvalue weighted by Gasteiger charge is -2.37. The smallest absolute Gasteiger partial charge is 0.418 e. The molecule has 0 bridgehead atoms. The third-order valence-corrected chi connectivity index (χ3v) is 9.30. The van der Waals surface area contributed by atoms with Crippen molar-refractivity contribution in [3.05, 3.63) is 51.9 Å². The van der Waals surface area contributed by atoms with Crippen LogP contribution in [0.3, 0.4) is 0 Å². The molecule has 1 aliphatic heterocycles. The SMILES string of the molecule is O=C(NS(=O)(=O)C1CC1)c1cc(C2CC2)c(OCC2(F)CCN(c3cc(C(F)(F)F)c(Cl)cn3)CC2)cc1F. The molecule has 39 heavy (non-hydrogen) atoms. The lowest BCUT2D eigenvalue weighted by molar-refractivity contribution is -0.137. The number of piperidine rings is 1. The first-order chi connectivity index (χ1) is 18.3. The van der Waals surface area contributed by atoms with Gasteiger partial charge in [0, 0.05) is 38.2 Å². The molecule has 2 aromatic rings. The van der Waals surface area contributed by atoms with Crippen molar-refractivity contribution in [2.75, 3.05) is 24.6 Å². The Morgan fingerprint density at radius 1 is 1.15 bits per heavy atom. The zero-order valence-corrected chi connectivity index (χ0v) is 22.1. The molecule has 7 nitrogen and oxygen atoms in total. The number of anilines is 1. The van der Waals surface area contributed by atoms with E-state index in [1.54, 1.807) is 0 Å². The zero-order chi connectivity index (χ0) is 28.2. The number of benzene rings is 1. The molecule has 3 aliphatic rings. The van der Waals surface area contributed by atoms with Gasteiger partial charge < -0.3 is 9.64 Å². The number of hydrogen-bond donors (Lipinski definition) is 1. The summed E-state index contributed by atoms with van der Waals surface area (Å²) in [5.41, 5.74) is -2.78. The van der Waals surface area contributed by atoms with Crippen molar-refractivity contribution >= 4 is 33.3 Å². The van der Waals surface area contributed by atoms with Gasteiger partial charge in [0.05, 0.1) is 21.4 Å². The Balaban J connectivity index is 1.25. The van der Waals surface area contributed by atoms with Crippen molar-refractivity contribution in [3.63, 3.8) is 0 Å². The summed E-state index contributed by atoms with van der Waals surface area (Å²) in [5, 5.41) is -1.17. The third kappa shape index (κ3) is 6.24. The van der Waals surface area contributed by atoms with Crippen LogP contribution in [-0.2, 0) is 16.2 Å². The van der Waals surface area contributed by atoms with E-state index in [0.29, 0.717) is 18.4 Å². The minimum absolute atomic E-state index is 0.0246. The van der Waals surface area contributed by atoms with Crippen LogP contribution in [0.25, 0.3) is 0 Å². The Morgan fingerprint density at radius 3 is 2.41 bits per heavy atom. The van der Waals surface area contributed by atoms with E-state index in [4.69, 9.17) is 16.3 Å². The quantitative estimate of drug-likeness (QED) is 0.414. The molecule has 1 saturated heterocycles. The van der Waals surface area contributed by atoms with Crippen LogP contribution in [0.2, 0.25) is 5.02 Å². The Morgan fingerprint density at radius 2 is 1.82 bits per heavy atom. The van der Waals surface area contributed by atoms with Gasteiger partial charge in [-0.2, -0.15) is 13.2 Å². The van der Waals surface area contributed by atoms with Crippen LogP contribution in [0.1, 0.15) is 65.9 Å². The third-order valence-electron chi connectivity index (χ3n) is 7.18. The molecule has 0 unspecified atom stereocenters. The van der Waals surface area contributed by atoms with Crippen LogP contribution in [0.15, 0.2) is 24.4 Å². The lowest BCUT2D eigenvalue weighted by atomic mass is 9.94. The number of rotatable bonds is 8. The number of nitrogens with zero attached hydrogens (tertiary/aromatic N) is 2. The number of carbonyl (C=O) groups excluding carboxylic acids is 1. The summed E-state index contributed by atoms with van der Waals surface area (Å²) in [6.07, 6.45) is -1.48.